The average Bonchev–Trinajstić information content (AvgIpc) is 3.01. The molecule has 2 atom stereocenters. The predicted molar refractivity (Wildman–Crippen MR) is 83.9 cm³/mol. The number of carbonyl (C=O) groups excluding carboxylic acids is 1. The third kappa shape index (κ3) is 3.21. The summed E-state index contributed by atoms with van der Waals surface area (Å²) in [6.07, 6.45) is 3.32. The molecular formula is C14H19ClN2O3S. The van der Waals surface area contributed by atoms with Gasteiger partial charge in [-0.1, -0.05) is 25.4 Å². The summed E-state index contributed by atoms with van der Waals surface area (Å²) < 4.78 is 1.80. The number of hydrogen-bond acceptors (Lipinski definition) is 3. The Bertz CT molecular complexity index is 546. The minimum absolute atomic E-state index is 0.0950. The van der Waals surface area contributed by atoms with Gasteiger partial charge in [0, 0.05) is 18.5 Å². The lowest BCUT2D eigenvalue weighted by molar-refractivity contribution is -0.141. The van der Waals surface area contributed by atoms with Crippen molar-refractivity contribution in [3.8, 4) is 0 Å². The van der Waals surface area contributed by atoms with E-state index in [0.29, 0.717) is 23.0 Å². The average molecular weight is 331 g/mol. The van der Waals surface area contributed by atoms with E-state index in [2.05, 4.69) is 0 Å². The predicted octanol–water partition coefficient (Wildman–Crippen LogP) is 2.93. The van der Waals surface area contributed by atoms with Crippen LogP contribution in [0.3, 0.4) is 0 Å². The fourth-order valence-corrected chi connectivity index (χ4v) is 4.12. The number of aromatic nitrogens is 1. The van der Waals surface area contributed by atoms with Crippen LogP contribution in [-0.4, -0.2) is 43.6 Å². The van der Waals surface area contributed by atoms with Crippen molar-refractivity contribution < 1.29 is 14.7 Å². The number of aliphatic carboxylic acids is 1. The second kappa shape index (κ2) is 6.75. The molecule has 1 amide bonds. The Balaban J connectivity index is 2.34. The molecule has 2 rings (SSSR count). The van der Waals surface area contributed by atoms with Gasteiger partial charge in [0.2, 0.25) is 0 Å². The van der Waals surface area contributed by atoms with Crippen molar-refractivity contribution >= 4 is 35.2 Å². The molecule has 0 radical (unpaired) electrons. The first-order valence-corrected chi connectivity index (χ1v) is 8.45. The van der Waals surface area contributed by atoms with E-state index in [1.807, 2.05) is 13.8 Å². The number of amides is 1. The molecule has 1 saturated heterocycles. The number of halogens is 1. The first-order valence-electron chi connectivity index (χ1n) is 7.02. The molecule has 1 aliphatic heterocycles. The Morgan fingerprint density at radius 2 is 2.19 bits per heavy atom. The highest BCUT2D eigenvalue weighted by molar-refractivity contribution is 8.00. The third-order valence-corrected chi connectivity index (χ3v) is 5.17. The molecule has 7 heteroatoms. The highest BCUT2D eigenvalue weighted by Crippen LogP contribution is 2.33. The van der Waals surface area contributed by atoms with Crippen LogP contribution in [0.2, 0.25) is 5.02 Å². The lowest BCUT2D eigenvalue weighted by Gasteiger charge is -2.27. The number of hydrogen-bond donors (Lipinski definition) is 1. The molecule has 0 spiro atoms. The van der Waals surface area contributed by atoms with Crippen molar-refractivity contribution in [2.45, 2.75) is 44.6 Å². The van der Waals surface area contributed by atoms with Gasteiger partial charge in [0.05, 0.1) is 10.4 Å². The van der Waals surface area contributed by atoms with Crippen LogP contribution in [0.1, 0.15) is 37.2 Å². The SMILES string of the molecule is CCCn1cc(Cl)cc1C(=O)N1C(CC)SCC1C(=O)O. The summed E-state index contributed by atoms with van der Waals surface area (Å²) in [5, 5.41) is 9.73. The molecule has 0 saturated carbocycles. The maximum atomic E-state index is 12.8. The van der Waals surface area contributed by atoms with Crippen LogP contribution in [0, 0.1) is 0 Å². The van der Waals surface area contributed by atoms with Crippen LogP contribution in [0.15, 0.2) is 12.3 Å². The Kier molecular flexibility index (Phi) is 5.22. The molecule has 0 aromatic carbocycles. The summed E-state index contributed by atoms with van der Waals surface area (Å²) >= 11 is 7.53. The fraction of sp³-hybridized carbons (Fsp3) is 0.571. The van der Waals surface area contributed by atoms with E-state index in [-0.39, 0.29) is 11.3 Å². The molecule has 1 fully saturated rings. The number of carbonyl (C=O) groups is 2. The highest BCUT2D eigenvalue weighted by atomic mass is 35.5. The van der Waals surface area contributed by atoms with Crippen LogP contribution in [0.4, 0.5) is 0 Å². The molecule has 1 N–H and O–H groups in total. The molecule has 116 valence electrons. The zero-order valence-electron chi connectivity index (χ0n) is 12.1. The van der Waals surface area contributed by atoms with Gasteiger partial charge in [-0.15, -0.1) is 11.8 Å². The monoisotopic (exact) mass is 330 g/mol. The fourth-order valence-electron chi connectivity index (χ4n) is 2.55. The standard InChI is InChI=1S/C14H19ClN2O3S/c1-3-5-16-7-9(15)6-10(16)13(18)17-11(14(19)20)8-21-12(17)4-2/h6-7,11-12H,3-5,8H2,1-2H3,(H,19,20). The summed E-state index contributed by atoms with van der Waals surface area (Å²) in [6, 6.07) is 0.852. The van der Waals surface area contributed by atoms with Crippen LogP contribution >= 0.6 is 23.4 Å². The highest BCUT2D eigenvalue weighted by Gasteiger charge is 2.41. The molecular weight excluding hydrogens is 312 g/mol. The largest absolute Gasteiger partial charge is 0.480 e. The molecule has 1 aliphatic rings. The summed E-state index contributed by atoms with van der Waals surface area (Å²) in [5.41, 5.74) is 0.467. The summed E-state index contributed by atoms with van der Waals surface area (Å²) in [6.45, 7) is 4.66. The van der Waals surface area contributed by atoms with E-state index in [4.69, 9.17) is 11.6 Å². The van der Waals surface area contributed by atoms with Gasteiger partial charge < -0.3 is 14.6 Å². The Morgan fingerprint density at radius 1 is 1.48 bits per heavy atom. The summed E-state index contributed by atoms with van der Waals surface area (Å²) in [4.78, 5) is 25.7. The van der Waals surface area contributed by atoms with Gasteiger partial charge in [-0.2, -0.15) is 0 Å². The first-order chi connectivity index (χ1) is 9.99. The van der Waals surface area contributed by atoms with E-state index >= 15 is 0 Å². The molecule has 0 bridgehead atoms. The van der Waals surface area contributed by atoms with E-state index in [1.165, 1.54) is 16.7 Å². The maximum absolute atomic E-state index is 12.8. The zero-order chi connectivity index (χ0) is 15.6. The van der Waals surface area contributed by atoms with Gasteiger partial charge in [0.1, 0.15) is 11.7 Å². The topological polar surface area (TPSA) is 62.5 Å². The Morgan fingerprint density at radius 3 is 2.76 bits per heavy atom. The van der Waals surface area contributed by atoms with Crippen molar-refractivity contribution in [3.05, 3.63) is 23.0 Å². The summed E-state index contributed by atoms with van der Waals surface area (Å²) in [7, 11) is 0. The van der Waals surface area contributed by atoms with Crippen LogP contribution in [0.5, 0.6) is 0 Å². The molecule has 5 nitrogen and oxygen atoms in total. The Labute approximate surface area is 133 Å². The minimum atomic E-state index is -0.952. The van der Waals surface area contributed by atoms with Gasteiger partial charge in [0.15, 0.2) is 0 Å². The van der Waals surface area contributed by atoms with Crippen molar-refractivity contribution in [1.82, 2.24) is 9.47 Å². The van der Waals surface area contributed by atoms with E-state index < -0.39 is 12.0 Å². The maximum Gasteiger partial charge on any atom is 0.327 e. The van der Waals surface area contributed by atoms with Gasteiger partial charge in [0.25, 0.3) is 5.91 Å². The number of nitrogens with zero attached hydrogens (tertiary/aromatic N) is 2. The normalized spacial score (nSPS) is 21.8. The number of carboxylic acid groups (broad SMARTS) is 1. The minimum Gasteiger partial charge on any atom is -0.480 e. The second-order valence-corrected chi connectivity index (χ2v) is 6.65. The van der Waals surface area contributed by atoms with Gasteiger partial charge in [-0.05, 0) is 18.9 Å². The Hall–Kier alpha value is -1.14. The van der Waals surface area contributed by atoms with Crippen LogP contribution in [0.25, 0.3) is 0 Å². The molecule has 1 aromatic heterocycles. The first kappa shape index (κ1) is 16.2. The summed E-state index contributed by atoms with van der Waals surface area (Å²) in [5.74, 6) is -0.770. The molecule has 1 aromatic rings. The van der Waals surface area contributed by atoms with E-state index in [0.717, 1.165) is 12.8 Å². The smallest absolute Gasteiger partial charge is 0.327 e. The van der Waals surface area contributed by atoms with Crippen LogP contribution in [-0.2, 0) is 11.3 Å². The lowest BCUT2D eigenvalue weighted by Crippen LogP contribution is -2.46. The number of aryl methyl sites for hydroxylation is 1. The van der Waals surface area contributed by atoms with Crippen molar-refractivity contribution in [1.29, 1.82) is 0 Å². The quantitative estimate of drug-likeness (QED) is 0.901. The third-order valence-electron chi connectivity index (χ3n) is 3.51. The molecule has 0 aliphatic carbocycles. The van der Waals surface area contributed by atoms with E-state index in [1.54, 1.807) is 16.8 Å². The zero-order valence-corrected chi connectivity index (χ0v) is 13.7. The number of thioether (sulfide) groups is 1. The van der Waals surface area contributed by atoms with Crippen LogP contribution < -0.4 is 0 Å². The van der Waals surface area contributed by atoms with Crippen molar-refractivity contribution in [3.63, 3.8) is 0 Å². The lowest BCUT2D eigenvalue weighted by atomic mass is 10.2. The number of carboxylic acids is 1. The molecule has 2 unspecified atom stereocenters. The van der Waals surface area contributed by atoms with Crippen molar-refractivity contribution in [2.24, 2.45) is 0 Å². The van der Waals surface area contributed by atoms with Gasteiger partial charge >= 0.3 is 5.97 Å². The number of rotatable bonds is 5. The van der Waals surface area contributed by atoms with Gasteiger partial charge in [-0.25, -0.2) is 4.79 Å². The molecule has 2 heterocycles. The molecule has 21 heavy (non-hydrogen) atoms. The second-order valence-electron chi connectivity index (χ2n) is 5.00. The van der Waals surface area contributed by atoms with Gasteiger partial charge in [-0.3, -0.25) is 4.79 Å². The van der Waals surface area contributed by atoms with Crippen molar-refractivity contribution in [2.75, 3.05) is 5.75 Å². The van der Waals surface area contributed by atoms with E-state index in [9.17, 15) is 14.7 Å².